The lowest BCUT2D eigenvalue weighted by Crippen LogP contribution is -2.12. The molecule has 5 heteroatoms. The molecule has 0 saturated heterocycles. The van der Waals surface area contributed by atoms with Crippen LogP contribution >= 0.6 is 0 Å². The van der Waals surface area contributed by atoms with Gasteiger partial charge >= 0.3 is 5.69 Å². The van der Waals surface area contributed by atoms with Gasteiger partial charge in [-0.25, -0.2) is 9.18 Å². The van der Waals surface area contributed by atoms with E-state index in [4.69, 9.17) is 5.73 Å². The van der Waals surface area contributed by atoms with E-state index in [9.17, 15) is 9.18 Å². The monoisotopic (exact) mass is 132 g/mol. The van der Waals surface area contributed by atoms with E-state index in [2.05, 4.69) is 4.98 Å². The minimum absolute atomic E-state index is 0.282. The molecule has 4 nitrogen and oxygen atoms in total. The Hall–Kier alpha value is -1.39. The molecule has 1 aromatic heterocycles. The number of nitrogen functional groups attached to an aromatic ring is 1. The van der Waals surface area contributed by atoms with Gasteiger partial charge in [0.15, 0.2) is 5.82 Å². The number of nitrogens with two attached hydrogens (primary N) is 1. The Balaban J connectivity index is 3.34. The zero-order valence-corrected chi connectivity index (χ0v) is 4.39. The topological polar surface area (TPSA) is 71.8 Å². The molecular formula is C4H4FN3O. The molecule has 3 N–H and O–H groups in total. The zero-order chi connectivity index (χ0) is 6.85. The standard InChI is InChI=1S/C4H4FN3O/c5-2-1-7-4(9)8-3(2)6/h1H,(H3,6,7,8,9)/i6+1,7+1,8+1. The lowest BCUT2D eigenvalue weighted by Gasteiger charge is -1.89. The number of aromatic nitrogens is 2. The molecular weight excluding hydrogens is 128 g/mol. The van der Waals surface area contributed by atoms with Crippen LogP contribution in [0.5, 0.6) is 0 Å². The molecule has 48 valence electrons. The SMILES string of the molecule is [15NH2]c1[15nH]c(=O)[15n]cc1F. The van der Waals surface area contributed by atoms with E-state index >= 15 is 0 Å². The van der Waals surface area contributed by atoms with Crippen LogP contribution in [0.2, 0.25) is 0 Å². The van der Waals surface area contributed by atoms with Crippen molar-refractivity contribution in [2.24, 2.45) is 0 Å². The van der Waals surface area contributed by atoms with E-state index < -0.39 is 11.5 Å². The number of hydrogen-bond donors (Lipinski definition) is 2. The molecule has 0 aromatic carbocycles. The van der Waals surface area contributed by atoms with Crippen LogP contribution in [0.4, 0.5) is 10.2 Å². The van der Waals surface area contributed by atoms with E-state index in [0.29, 0.717) is 0 Å². The Bertz CT molecular complexity index is 269. The molecule has 1 heterocycles. The van der Waals surface area contributed by atoms with Gasteiger partial charge < -0.3 is 5.73 Å². The molecule has 0 saturated carbocycles. The Labute approximate surface area is 49.5 Å². The second kappa shape index (κ2) is 1.85. The number of rotatable bonds is 0. The van der Waals surface area contributed by atoms with Crippen molar-refractivity contribution in [3.8, 4) is 0 Å². The highest BCUT2D eigenvalue weighted by Gasteiger charge is 1.95. The van der Waals surface area contributed by atoms with Crippen molar-refractivity contribution >= 4 is 5.82 Å². The summed E-state index contributed by atoms with van der Waals surface area (Å²) in [4.78, 5) is 15.3. The van der Waals surface area contributed by atoms with Crippen molar-refractivity contribution in [3.05, 3.63) is 22.5 Å². The van der Waals surface area contributed by atoms with Crippen molar-refractivity contribution in [1.29, 1.82) is 0 Å². The highest BCUT2D eigenvalue weighted by molar-refractivity contribution is 5.25. The molecule has 0 amide bonds. The van der Waals surface area contributed by atoms with Crippen molar-refractivity contribution in [3.63, 3.8) is 0 Å². The van der Waals surface area contributed by atoms with E-state index in [-0.39, 0.29) is 5.82 Å². The van der Waals surface area contributed by atoms with Crippen molar-refractivity contribution in [2.75, 3.05) is 5.73 Å². The second-order valence-electron chi connectivity index (χ2n) is 1.45. The van der Waals surface area contributed by atoms with Gasteiger partial charge in [-0.2, -0.15) is 4.98 Å². The summed E-state index contributed by atoms with van der Waals surface area (Å²) in [5.41, 5.74) is 4.31. The maximum atomic E-state index is 12.1. The third-order valence-electron chi connectivity index (χ3n) is 0.794. The van der Waals surface area contributed by atoms with Gasteiger partial charge in [-0.15, -0.1) is 0 Å². The van der Waals surface area contributed by atoms with Gasteiger partial charge in [0.05, 0.1) is 6.20 Å². The Morgan fingerprint density at radius 3 is 2.89 bits per heavy atom. The fourth-order valence-corrected chi connectivity index (χ4v) is 0.392. The van der Waals surface area contributed by atoms with Gasteiger partial charge in [-0.05, 0) is 0 Å². The number of halogens is 1. The molecule has 0 aliphatic heterocycles. The molecule has 1 aromatic rings. The first-order valence-corrected chi connectivity index (χ1v) is 2.20. The summed E-state index contributed by atoms with van der Waals surface area (Å²) < 4.78 is 12.1. The Morgan fingerprint density at radius 1 is 1.78 bits per heavy atom. The summed E-state index contributed by atoms with van der Waals surface area (Å²) in [7, 11) is 0. The fourth-order valence-electron chi connectivity index (χ4n) is 0.392. The molecule has 0 bridgehead atoms. The van der Waals surface area contributed by atoms with Crippen LogP contribution in [-0.2, 0) is 0 Å². The Kier molecular flexibility index (Phi) is 1.18. The molecule has 0 unspecified atom stereocenters. The summed E-state index contributed by atoms with van der Waals surface area (Å²) in [6, 6.07) is 0. The van der Waals surface area contributed by atoms with Crippen molar-refractivity contribution in [2.45, 2.75) is 0 Å². The number of H-pyrrole nitrogens is 1. The summed E-state index contributed by atoms with van der Waals surface area (Å²) in [6.45, 7) is 0. The largest absolute Gasteiger partial charge is 0.383 e. The Morgan fingerprint density at radius 2 is 2.44 bits per heavy atom. The van der Waals surface area contributed by atoms with Crippen molar-refractivity contribution < 1.29 is 4.39 Å². The van der Waals surface area contributed by atoms with E-state index in [1.54, 1.807) is 0 Å². The second-order valence-corrected chi connectivity index (χ2v) is 1.45. The maximum Gasteiger partial charge on any atom is 0.346 e. The van der Waals surface area contributed by atoms with Gasteiger partial charge in [0.1, 0.15) is 5.82 Å². The average molecular weight is 132 g/mol. The molecule has 0 spiro atoms. The fraction of sp³-hybridized carbons (Fsp3) is 0. The van der Waals surface area contributed by atoms with Crippen LogP contribution < -0.4 is 11.4 Å². The lowest BCUT2D eigenvalue weighted by atomic mass is 10.6. The molecule has 0 fully saturated rings. The van der Waals surface area contributed by atoms with Gasteiger partial charge in [0.2, 0.25) is 0 Å². The zero-order valence-electron chi connectivity index (χ0n) is 4.39. The molecule has 9 heavy (non-hydrogen) atoms. The summed E-state index contributed by atoms with van der Waals surface area (Å²) in [5.74, 6) is -0.996. The van der Waals surface area contributed by atoms with Crippen molar-refractivity contribution in [1.82, 2.24) is 9.97 Å². The predicted molar refractivity (Wildman–Crippen MR) is 29.2 cm³/mol. The predicted octanol–water partition coefficient (Wildman–Crippen LogP) is -0.509. The molecule has 0 aliphatic rings. The van der Waals surface area contributed by atoms with Crippen LogP contribution in [0, 0.1) is 5.82 Å². The summed E-state index contributed by atoms with van der Waals surface area (Å²) in [5, 5.41) is 0. The lowest BCUT2D eigenvalue weighted by molar-refractivity contribution is 0.617. The molecule has 0 atom stereocenters. The number of hydrogen-bond acceptors (Lipinski definition) is 3. The van der Waals surface area contributed by atoms with Gasteiger partial charge in [0, 0.05) is 0 Å². The number of nitrogens with zero attached hydrogens (tertiary/aromatic N) is 1. The van der Waals surface area contributed by atoms with Gasteiger partial charge in [0.25, 0.3) is 0 Å². The van der Waals surface area contributed by atoms with Gasteiger partial charge in [-0.3, -0.25) is 4.98 Å². The normalized spacial score (nSPS) is 9.44. The van der Waals surface area contributed by atoms with Crippen LogP contribution in [0.15, 0.2) is 11.0 Å². The highest BCUT2D eigenvalue weighted by atomic mass is 19.1. The van der Waals surface area contributed by atoms with Gasteiger partial charge in [-0.1, -0.05) is 0 Å². The summed E-state index contributed by atoms with van der Waals surface area (Å²) >= 11 is 0. The number of nitrogens with one attached hydrogen (secondary N) is 1. The van der Waals surface area contributed by atoms with Crippen LogP contribution in [0.1, 0.15) is 0 Å². The van der Waals surface area contributed by atoms with E-state index in [1.165, 1.54) is 0 Å². The minimum Gasteiger partial charge on any atom is -0.383 e. The minimum atomic E-state index is -0.713. The first-order chi connectivity index (χ1) is 4.20. The maximum absolute atomic E-state index is 12.1. The first kappa shape index (κ1) is 5.74. The number of aromatic amines is 1. The third kappa shape index (κ3) is 1.04. The quantitative estimate of drug-likeness (QED) is 0.467. The van der Waals surface area contributed by atoms with Crippen LogP contribution in [0.3, 0.4) is 0 Å². The molecule has 1 rings (SSSR count). The average Bonchev–Trinajstić information content (AvgIpc) is 1.80. The van der Waals surface area contributed by atoms with Crippen LogP contribution in [0.25, 0.3) is 0 Å². The number of anilines is 1. The smallest absolute Gasteiger partial charge is 0.346 e. The molecule has 0 aliphatic carbocycles. The highest BCUT2D eigenvalue weighted by Crippen LogP contribution is 1.96. The van der Waals surface area contributed by atoms with E-state index in [0.717, 1.165) is 6.20 Å². The van der Waals surface area contributed by atoms with Crippen LogP contribution in [-0.4, -0.2) is 9.97 Å². The molecule has 0 radical (unpaired) electrons. The van der Waals surface area contributed by atoms with E-state index in [1.807, 2.05) is 4.98 Å². The summed E-state index contributed by atoms with van der Waals surface area (Å²) in [6.07, 6.45) is 0.772. The first-order valence-electron chi connectivity index (χ1n) is 2.20. The third-order valence-corrected chi connectivity index (χ3v) is 0.794.